The highest BCUT2D eigenvalue weighted by molar-refractivity contribution is 6.35. The van der Waals surface area contributed by atoms with E-state index in [2.05, 4.69) is 0 Å². The summed E-state index contributed by atoms with van der Waals surface area (Å²) in [5.74, 6) is 0. The molecule has 1 aromatic heterocycles. The number of pyridine rings is 1. The Morgan fingerprint density at radius 3 is 2.41 bits per heavy atom. The smallest absolute Gasteiger partial charge is 0.251 e. The molecule has 0 aliphatic rings. The molecule has 1 heterocycles. The average Bonchev–Trinajstić information content (AvgIpc) is 2.26. The van der Waals surface area contributed by atoms with Crippen LogP contribution in [0.3, 0.4) is 0 Å². The first kappa shape index (κ1) is 12.2. The minimum atomic E-state index is -0.0546. The summed E-state index contributed by atoms with van der Waals surface area (Å²) in [4.78, 5) is 11.7. The Labute approximate surface area is 109 Å². The number of rotatable bonds is 2. The van der Waals surface area contributed by atoms with Crippen LogP contribution in [0, 0.1) is 6.92 Å². The van der Waals surface area contributed by atoms with E-state index >= 15 is 0 Å². The second kappa shape index (κ2) is 4.94. The number of aromatic nitrogens is 1. The van der Waals surface area contributed by atoms with Crippen LogP contribution in [0.25, 0.3) is 0 Å². The topological polar surface area (TPSA) is 22.0 Å². The normalized spacial score (nSPS) is 10.5. The molecule has 4 heteroatoms. The lowest BCUT2D eigenvalue weighted by atomic mass is 10.2. The van der Waals surface area contributed by atoms with Gasteiger partial charge in [-0.1, -0.05) is 29.3 Å². The second-order valence-corrected chi connectivity index (χ2v) is 4.68. The van der Waals surface area contributed by atoms with Crippen molar-refractivity contribution >= 4 is 23.2 Å². The first-order valence-corrected chi connectivity index (χ1v) is 5.93. The van der Waals surface area contributed by atoms with Crippen molar-refractivity contribution in [3.8, 4) is 0 Å². The summed E-state index contributed by atoms with van der Waals surface area (Å²) in [6, 6.07) is 8.78. The van der Waals surface area contributed by atoms with Crippen molar-refractivity contribution in [3.63, 3.8) is 0 Å². The third-order valence-electron chi connectivity index (χ3n) is 2.54. The van der Waals surface area contributed by atoms with Gasteiger partial charge in [-0.3, -0.25) is 4.79 Å². The molecule has 0 fully saturated rings. The summed E-state index contributed by atoms with van der Waals surface area (Å²) in [6.45, 7) is 2.27. The number of hydrogen-bond donors (Lipinski definition) is 0. The lowest BCUT2D eigenvalue weighted by molar-refractivity contribution is 0.757. The van der Waals surface area contributed by atoms with Crippen LogP contribution in [0.5, 0.6) is 0 Å². The first-order valence-electron chi connectivity index (χ1n) is 5.18. The first-order chi connectivity index (χ1) is 8.08. The molecule has 0 amide bonds. The number of nitrogens with zero attached hydrogens (tertiary/aromatic N) is 1. The van der Waals surface area contributed by atoms with Gasteiger partial charge in [0.25, 0.3) is 5.56 Å². The van der Waals surface area contributed by atoms with E-state index in [1.807, 2.05) is 13.0 Å². The molecule has 0 saturated carbocycles. The molecule has 0 atom stereocenters. The Morgan fingerprint density at radius 1 is 1.18 bits per heavy atom. The van der Waals surface area contributed by atoms with E-state index in [9.17, 15) is 4.79 Å². The summed E-state index contributed by atoms with van der Waals surface area (Å²) in [5, 5.41) is 1.15. The van der Waals surface area contributed by atoms with Gasteiger partial charge < -0.3 is 4.57 Å². The van der Waals surface area contributed by atoms with Crippen LogP contribution in [-0.4, -0.2) is 4.57 Å². The van der Waals surface area contributed by atoms with Crippen molar-refractivity contribution in [2.45, 2.75) is 13.5 Å². The molecule has 2 nitrogen and oxygen atoms in total. The van der Waals surface area contributed by atoms with E-state index in [1.54, 1.807) is 35.0 Å². The highest BCUT2D eigenvalue weighted by atomic mass is 35.5. The number of halogens is 2. The Kier molecular flexibility index (Phi) is 3.55. The standard InChI is InChI=1S/C13H11Cl2NO/c1-9-5-6-16(13(17)7-9)8-10-11(14)3-2-4-12(10)15/h2-7H,8H2,1H3. The Morgan fingerprint density at radius 2 is 1.82 bits per heavy atom. The molecule has 2 aromatic rings. The van der Waals surface area contributed by atoms with Crippen molar-refractivity contribution in [3.05, 3.63) is 68.1 Å². The van der Waals surface area contributed by atoms with Crippen molar-refractivity contribution in [2.75, 3.05) is 0 Å². The van der Waals surface area contributed by atoms with Crippen molar-refractivity contribution in [1.29, 1.82) is 0 Å². The van der Waals surface area contributed by atoms with Crippen molar-refractivity contribution in [2.24, 2.45) is 0 Å². The molecule has 0 aliphatic carbocycles. The molecule has 0 saturated heterocycles. The van der Waals surface area contributed by atoms with Gasteiger partial charge in [0.15, 0.2) is 0 Å². The van der Waals surface area contributed by atoms with Crippen LogP contribution in [0.15, 0.2) is 41.3 Å². The zero-order valence-corrected chi connectivity index (χ0v) is 10.8. The highest BCUT2D eigenvalue weighted by Gasteiger charge is 2.06. The Bertz CT molecular complexity index is 584. The van der Waals surface area contributed by atoms with Gasteiger partial charge in [0.2, 0.25) is 0 Å². The molecule has 0 bridgehead atoms. The van der Waals surface area contributed by atoms with Crippen molar-refractivity contribution in [1.82, 2.24) is 4.57 Å². The van der Waals surface area contributed by atoms with E-state index in [-0.39, 0.29) is 5.56 Å². The lowest BCUT2D eigenvalue weighted by Crippen LogP contribution is -2.19. The van der Waals surface area contributed by atoms with E-state index in [1.165, 1.54) is 0 Å². The fourth-order valence-electron chi connectivity index (χ4n) is 1.59. The summed E-state index contributed by atoms with van der Waals surface area (Å²) >= 11 is 12.1. The Hall–Kier alpha value is -1.25. The third-order valence-corrected chi connectivity index (χ3v) is 3.25. The van der Waals surface area contributed by atoms with E-state index in [0.29, 0.717) is 16.6 Å². The molecule has 0 unspecified atom stereocenters. The zero-order valence-electron chi connectivity index (χ0n) is 9.28. The summed E-state index contributed by atoms with van der Waals surface area (Å²) in [7, 11) is 0. The van der Waals surface area contributed by atoms with Gasteiger partial charge in [0, 0.05) is 27.9 Å². The monoisotopic (exact) mass is 267 g/mol. The molecule has 0 aliphatic heterocycles. The molecule has 1 aromatic carbocycles. The predicted molar refractivity (Wildman–Crippen MR) is 71.0 cm³/mol. The third kappa shape index (κ3) is 2.71. The molecular weight excluding hydrogens is 257 g/mol. The zero-order chi connectivity index (χ0) is 12.4. The minimum absolute atomic E-state index is 0.0546. The number of benzene rings is 1. The van der Waals surface area contributed by atoms with Crippen LogP contribution < -0.4 is 5.56 Å². The molecule has 88 valence electrons. The van der Waals surface area contributed by atoms with E-state index in [4.69, 9.17) is 23.2 Å². The van der Waals surface area contributed by atoms with Gasteiger partial charge in [0.05, 0.1) is 6.54 Å². The summed E-state index contributed by atoms with van der Waals surface area (Å²) < 4.78 is 1.58. The maximum absolute atomic E-state index is 11.7. The molecule has 0 N–H and O–H groups in total. The number of hydrogen-bond acceptors (Lipinski definition) is 1. The van der Waals surface area contributed by atoms with E-state index < -0.39 is 0 Å². The Balaban J connectivity index is 2.42. The average molecular weight is 268 g/mol. The van der Waals surface area contributed by atoms with Crippen LogP contribution in [0.4, 0.5) is 0 Å². The van der Waals surface area contributed by atoms with Gasteiger partial charge in [-0.2, -0.15) is 0 Å². The molecule has 17 heavy (non-hydrogen) atoms. The van der Waals surface area contributed by atoms with Crippen molar-refractivity contribution < 1.29 is 0 Å². The van der Waals surface area contributed by atoms with Gasteiger partial charge >= 0.3 is 0 Å². The lowest BCUT2D eigenvalue weighted by Gasteiger charge is -2.09. The number of aryl methyl sites for hydroxylation is 1. The maximum atomic E-state index is 11.7. The molecular formula is C13H11Cl2NO. The quantitative estimate of drug-likeness (QED) is 0.816. The second-order valence-electron chi connectivity index (χ2n) is 3.87. The highest BCUT2D eigenvalue weighted by Crippen LogP contribution is 2.24. The fourth-order valence-corrected chi connectivity index (χ4v) is 2.11. The van der Waals surface area contributed by atoms with Crippen LogP contribution >= 0.6 is 23.2 Å². The van der Waals surface area contributed by atoms with Gasteiger partial charge in [-0.05, 0) is 30.7 Å². The molecule has 0 radical (unpaired) electrons. The molecule has 0 spiro atoms. The predicted octanol–water partition coefficient (Wildman–Crippen LogP) is 3.51. The van der Waals surface area contributed by atoms with E-state index in [0.717, 1.165) is 11.1 Å². The minimum Gasteiger partial charge on any atom is -0.311 e. The maximum Gasteiger partial charge on any atom is 0.251 e. The van der Waals surface area contributed by atoms with Gasteiger partial charge in [-0.15, -0.1) is 0 Å². The van der Waals surface area contributed by atoms with Gasteiger partial charge in [-0.25, -0.2) is 0 Å². The summed E-state index contributed by atoms with van der Waals surface area (Å²) in [5.41, 5.74) is 1.65. The van der Waals surface area contributed by atoms with Crippen LogP contribution in [0.2, 0.25) is 10.0 Å². The molecule has 2 rings (SSSR count). The summed E-state index contributed by atoms with van der Waals surface area (Å²) in [6.07, 6.45) is 1.75. The largest absolute Gasteiger partial charge is 0.311 e. The van der Waals surface area contributed by atoms with Gasteiger partial charge in [0.1, 0.15) is 0 Å². The van der Waals surface area contributed by atoms with Crippen LogP contribution in [-0.2, 0) is 6.54 Å². The van der Waals surface area contributed by atoms with Crippen LogP contribution in [0.1, 0.15) is 11.1 Å². The SMILES string of the molecule is Cc1ccn(Cc2c(Cl)cccc2Cl)c(=O)c1. The fraction of sp³-hybridized carbons (Fsp3) is 0.154.